The van der Waals surface area contributed by atoms with Crippen LogP contribution in [0, 0.1) is 0 Å². The van der Waals surface area contributed by atoms with Crippen LogP contribution < -0.4 is 0 Å². The fourth-order valence-electron chi connectivity index (χ4n) is 1.86. The zero-order valence-electron chi connectivity index (χ0n) is 10.9. The molecule has 0 aliphatic carbocycles. The summed E-state index contributed by atoms with van der Waals surface area (Å²) in [6.07, 6.45) is 7.51. The first-order chi connectivity index (χ1) is 9.31. The molecule has 0 bridgehead atoms. The molecule has 2 aromatic rings. The fraction of sp³-hybridized carbons (Fsp3) is 0.0556. The van der Waals surface area contributed by atoms with Gasteiger partial charge in [-0.15, -0.1) is 0 Å². The SMILES string of the molecule is CC=Cc1ccccc1/C=C/C(=O)c1ccccc1. The Morgan fingerprint density at radius 1 is 0.842 bits per heavy atom. The minimum Gasteiger partial charge on any atom is -0.289 e. The van der Waals surface area contributed by atoms with Gasteiger partial charge in [-0.25, -0.2) is 0 Å². The lowest BCUT2D eigenvalue weighted by atomic mass is 10.0. The third kappa shape index (κ3) is 3.52. The van der Waals surface area contributed by atoms with Crippen LogP contribution in [0.5, 0.6) is 0 Å². The second kappa shape index (κ2) is 6.50. The smallest absolute Gasteiger partial charge is 0.185 e. The van der Waals surface area contributed by atoms with Gasteiger partial charge >= 0.3 is 0 Å². The molecule has 0 saturated carbocycles. The zero-order chi connectivity index (χ0) is 13.5. The van der Waals surface area contributed by atoms with Crippen LogP contribution in [0.25, 0.3) is 12.2 Å². The van der Waals surface area contributed by atoms with E-state index in [1.54, 1.807) is 6.08 Å². The van der Waals surface area contributed by atoms with Crippen LogP contribution in [0.3, 0.4) is 0 Å². The van der Waals surface area contributed by atoms with Crippen LogP contribution in [0.2, 0.25) is 0 Å². The predicted octanol–water partition coefficient (Wildman–Crippen LogP) is 4.62. The van der Waals surface area contributed by atoms with Crippen molar-refractivity contribution >= 4 is 17.9 Å². The van der Waals surface area contributed by atoms with Gasteiger partial charge in [0.15, 0.2) is 5.78 Å². The topological polar surface area (TPSA) is 17.1 Å². The molecular weight excluding hydrogens is 232 g/mol. The van der Waals surface area contributed by atoms with E-state index in [4.69, 9.17) is 0 Å². The maximum Gasteiger partial charge on any atom is 0.185 e. The second-order valence-corrected chi connectivity index (χ2v) is 4.19. The first kappa shape index (κ1) is 13.0. The van der Waals surface area contributed by atoms with Crippen LogP contribution in [0.1, 0.15) is 28.4 Å². The van der Waals surface area contributed by atoms with Crippen LogP contribution >= 0.6 is 0 Å². The molecule has 0 heterocycles. The minimum absolute atomic E-state index is 0.0240. The van der Waals surface area contributed by atoms with Crippen LogP contribution in [0.4, 0.5) is 0 Å². The van der Waals surface area contributed by atoms with Gasteiger partial charge in [0.25, 0.3) is 0 Å². The first-order valence-electron chi connectivity index (χ1n) is 6.30. The summed E-state index contributed by atoms with van der Waals surface area (Å²) in [5.41, 5.74) is 2.87. The van der Waals surface area contributed by atoms with E-state index in [0.717, 1.165) is 11.1 Å². The van der Waals surface area contributed by atoms with Crippen molar-refractivity contribution in [2.75, 3.05) is 0 Å². The third-order valence-corrected chi connectivity index (χ3v) is 2.81. The highest BCUT2D eigenvalue weighted by Crippen LogP contribution is 2.13. The van der Waals surface area contributed by atoms with E-state index in [2.05, 4.69) is 0 Å². The van der Waals surface area contributed by atoms with Crippen molar-refractivity contribution in [1.29, 1.82) is 0 Å². The van der Waals surface area contributed by atoms with E-state index >= 15 is 0 Å². The van der Waals surface area contributed by atoms with E-state index < -0.39 is 0 Å². The molecule has 1 nitrogen and oxygen atoms in total. The Morgan fingerprint density at radius 2 is 1.42 bits per heavy atom. The van der Waals surface area contributed by atoms with E-state index in [0.29, 0.717) is 5.56 Å². The molecule has 0 fully saturated rings. The molecule has 0 atom stereocenters. The van der Waals surface area contributed by atoms with E-state index in [1.807, 2.05) is 79.7 Å². The average molecular weight is 248 g/mol. The second-order valence-electron chi connectivity index (χ2n) is 4.19. The molecule has 94 valence electrons. The first-order valence-corrected chi connectivity index (χ1v) is 6.30. The third-order valence-electron chi connectivity index (χ3n) is 2.81. The Labute approximate surface area is 113 Å². The number of carbonyl (C=O) groups is 1. The molecule has 0 amide bonds. The van der Waals surface area contributed by atoms with Crippen molar-refractivity contribution in [3.8, 4) is 0 Å². The molecule has 0 aliphatic rings. The Hall–Kier alpha value is -2.41. The van der Waals surface area contributed by atoms with E-state index in [-0.39, 0.29) is 5.78 Å². The molecule has 0 N–H and O–H groups in total. The van der Waals surface area contributed by atoms with Gasteiger partial charge < -0.3 is 0 Å². The quantitative estimate of drug-likeness (QED) is 0.570. The summed E-state index contributed by atoms with van der Waals surface area (Å²) in [6, 6.07) is 17.3. The van der Waals surface area contributed by atoms with Gasteiger partial charge in [-0.05, 0) is 24.1 Å². The molecule has 0 saturated heterocycles. The largest absolute Gasteiger partial charge is 0.289 e. The highest BCUT2D eigenvalue weighted by molar-refractivity contribution is 6.06. The Morgan fingerprint density at radius 3 is 2.05 bits per heavy atom. The lowest BCUT2D eigenvalue weighted by molar-refractivity contribution is 0.104. The molecule has 2 rings (SSSR count). The van der Waals surface area contributed by atoms with Crippen molar-refractivity contribution in [2.45, 2.75) is 6.92 Å². The minimum atomic E-state index is 0.0240. The van der Waals surface area contributed by atoms with Crippen molar-refractivity contribution in [1.82, 2.24) is 0 Å². The molecule has 0 aliphatic heterocycles. The van der Waals surface area contributed by atoms with Crippen LogP contribution in [-0.4, -0.2) is 5.78 Å². The maximum atomic E-state index is 12.0. The summed E-state index contributed by atoms with van der Waals surface area (Å²) in [6.45, 7) is 1.98. The van der Waals surface area contributed by atoms with Gasteiger partial charge in [-0.1, -0.05) is 72.8 Å². The lowest BCUT2D eigenvalue weighted by Gasteiger charge is -2.00. The highest BCUT2D eigenvalue weighted by Gasteiger charge is 2.00. The molecule has 2 aromatic carbocycles. The number of hydrogen-bond acceptors (Lipinski definition) is 1. The van der Waals surface area contributed by atoms with E-state index in [9.17, 15) is 4.79 Å². The van der Waals surface area contributed by atoms with Crippen molar-refractivity contribution in [3.05, 3.63) is 83.4 Å². The predicted molar refractivity (Wildman–Crippen MR) is 81.0 cm³/mol. The number of ketones is 1. The van der Waals surface area contributed by atoms with Crippen molar-refractivity contribution < 1.29 is 4.79 Å². The Kier molecular flexibility index (Phi) is 4.46. The molecule has 0 unspecified atom stereocenters. The van der Waals surface area contributed by atoms with Gasteiger partial charge in [0, 0.05) is 5.56 Å². The zero-order valence-corrected chi connectivity index (χ0v) is 10.9. The summed E-state index contributed by atoms with van der Waals surface area (Å²) in [5.74, 6) is 0.0240. The van der Waals surface area contributed by atoms with Gasteiger partial charge in [-0.2, -0.15) is 0 Å². The monoisotopic (exact) mass is 248 g/mol. The standard InChI is InChI=1S/C18H16O/c1-2-8-15-9-6-7-10-16(15)13-14-18(19)17-11-4-3-5-12-17/h2-14H,1H3/b8-2?,14-13+. The summed E-state index contributed by atoms with van der Waals surface area (Å²) in [4.78, 5) is 12.0. The summed E-state index contributed by atoms with van der Waals surface area (Å²) in [5, 5.41) is 0. The number of allylic oxidation sites excluding steroid dienone is 2. The number of hydrogen-bond donors (Lipinski definition) is 0. The summed E-state index contributed by atoms with van der Waals surface area (Å²) >= 11 is 0. The van der Waals surface area contributed by atoms with Crippen molar-refractivity contribution in [3.63, 3.8) is 0 Å². The van der Waals surface area contributed by atoms with Gasteiger partial charge in [0.2, 0.25) is 0 Å². The fourth-order valence-corrected chi connectivity index (χ4v) is 1.86. The molecular formula is C18H16O. The molecule has 0 radical (unpaired) electrons. The summed E-state index contributed by atoms with van der Waals surface area (Å²) < 4.78 is 0. The Bertz CT molecular complexity index is 607. The van der Waals surface area contributed by atoms with Gasteiger partial charge in [0.1, 0.15) is 0 Å². The van der Waals surface area contributed by atoms with Crippen molar-refractivity contribution in [2.24, 2.45) is 0 Å². The van der Waals surface area contributed by atoms with Crippen LogP contribution in [0.15, 0.2) is 66.7 Å². The molecule has 1 heteroatoms. The Balaban J connectivity index is 2.22. The molecule has 0 spiro atoms. The van der Waals surface area contributed by atoms with Crippen LogP contribution in [-0.2, 0) is 0 Å². The summed E-state index contributed by atoms with van der Waals surface area (Å²) in [7, 11) is 0. The van der Waals surface area contributed by atoms with E-state index in [1.165, 1.54) is 0 Å². The maximum absolute atomic E-state index is 12.0. The van der Waals surface area contributed by atoms with Gasteiger partial charge in [-0.3, -0.25) is 4.79 Å². The normalized spacial score (nSPS) is 11.2. The average Bonchev–Trinajstić information content (AvgIpc) is 2.47. The number of benzene rings is 2. The molecule has 0 aromatic heterocycles. The molecule has 19 heavy (non-hydrogen) atoms. The number of carbonyl (C=O) groups excluding carboxylic acids is 1. The number of rotatable bonds is 4. The van der Waals surface area contributed by atoms with Gasteiger partial charge in [0.05, 0.1) is 0 Å². The lowest BCUT2D eigenvalue weighted by Crippen LogP contribution is -1.93. The highest BCUT2D eigenvalue weighted by atomic mass is 16.1.